The van der Waals surface area contributed by atoms with Crippen LogP contribution in [0.25, 0.3) is 0 Å². The fourth-order valence-corrected chi connectivity index (χ4v) is 7.73. The molecule has 3 saturated heterocycles. The lowest BCUT2D eigenvalue weighted by Gasteiger charge is -2.32. The van der Waals surface area contributed by atoms with Crippen molar-refractivity contribution in [1.82, 2.24) is 14.1 Å². The van der Waals surface area contributed by atoms with Gasteiger partial charge in [0.15, 0.2) is 0 Å². The number of rotatable bonds is 3. The molecule has 3 fully saturated rings. The number of hydrogen-bond donors (Lipinski definition) is 0. The topological polar surface area (TPSA) is 78.0 Å². The molecule has 3 aliphatic rings. The van der Waals surface area contributed by atoms with E-state index in [1.807, 2.05) is 4.90 Å². The number of amides is 2. The molecule has 1 aromatic rings. The van der Waals surface area contributed by atoms with E-state index in [1.54, 1.807) is 11.0 Å². The first kappa shape index (κ1) is 19.2. The Morgan fingerprint density at radius 2 is 1.85 bits per heavy atom. The number of likely N-dealkylation sites (tertiary alicyclic amines) is 2. The molecule has 0 unspecified atom stereocenters. The molecule has 2 atom stereocenters. The van der Waals surface area contributed by atoms with E-state index in [4.69, 9.17) is 11.6 Å². The van der Waals surface area contributed by atoms with Crippen molar-refractivity contribution < 1.29 is 18.0 Å². The third-order valence-corrected chi connectivity index (χ3v) is 9.50. The van der Waals surface area contributed by atoms with Crippen LogP contribution in [0.3, 0.4) is 0 Å². The highest BCUT2D eigenvalue weighted by atomic mass is 35.5. The minimum atomic E-state index is -3.70. The van der Waals surface area contributed by atoms with Crippen LogP contribution in [0.5, 0.6) is 0 Å². The van der Waals surface area contributed by atoms with Crippen LogP contribution in [0.2, 0.25) is 4.34 Å². The monoisotopic (exact) mass is 431 g/mol. The van der Waals surface area contributed by atoms with Crippen molar-refractivity contribution in [2.75, 3.05) is 39.3 Å². The second-order valence-corrected chi connectivity index (χ2v) is 11.5. The molecule has 0 bridgehead atoms. The van der Waals surface area contributed by atoms with Crippen molar-refractivity contribution in [2.45, 2.75) is 24.0 Å². The molecule has 148 valence electrons. The van der Waals surface area contributed by atoms with Gasteiger partial charge in [0.25, 0.3) is 10.0 Å². The number of carbonyl (C=O) groups excluding carboxylic acids is 2. The molecule has 0 radical (unpaired) electrons. The molecule has 0 saturated carbocycles. The highest BCUT2D eigenvalue weighted by molar-refractivity contribution is 7.91. The van der Waals surface area contributed by atoms with Gasteiger partial charge < -0.3 is 9.80 Å². The van der Waals surface area contributed by atoms with Gasteiger partial charge in [-0.3, -0.25) is 9.59 Å². The lowest BCUT2D eigenvalue weighted by atomic mass is 9.79. The molecule has 4 heterocycles. The van der Waals surface area contributed by atoms with Gasteiger partial charge in [-0.25, -0.2) is 8.42 Å². The van der Waals surface area contributed by atoms with Crippen LogP contribution in [0.1, 0.15) is 19.8 Å². The van der Waals surface area contributed by atoms with Crippen LogP contribution >= 0.6 is 22.9 Å². The third kappa shape index (κ3) is 3.08. The second-order valence-electron chi connectivity index (χ2n) is 7.61. The first-order chi connectivity index (χ1) is 12.7. The van der Waals surface area contributed by atoms with Crippen molar-refractivity contribution in [3.05, 3.63) is 16.5 Å². The zero-order chi connectivity index (χ0) is 19.4. The van der Waals surface area contributed by atoms with Gasteiger partial charge in [-0.2, -0.15) is 4.31 Å². The maximum atomic E-state index is 13.4. The van der Waals surface area contributed by atoms with Crippen molar-refractivity contribution >= 4 is 44.8 Å². The standard InChI is InChI=1S/C17H22ClN3O4S2/c1-12(22)20-8-13-9-21(27(24,25)15-5-4-14(18)26-15)11-17(13,10-20)16(23)19-6-2-3-7-19/h4-5,13H,2-3,6-11H2,1H3/t13-,17-/m0/s1. The molecule has 10 heteroatoms. The quantitative estimate of drug-likeness (QED) is 0.726. The Morgan fingerprint density at radius 1 is 1.15 bits per heavy atom. The molecular weight excluding hydrogens is 410 g/mol. The Bertz CT molecular complexity index is 880. The number of thiophene rings is 1. The zero-order valence-electron chi connectivity index (χ0n) is 15.1. The summed E-state index contributed by atoms with van der Waals surface area (Å²) < 4.78 is 28.1. The van der Waals surface area contributed by atoms with Crippen LogP contribution in [-0.2, 0) is 19.6 Å². The summed E-state index contributed by atoms with van der Waals surface area (Å²) in [5, 5.41) is 0. The summed E-state index contributed by atoms with van der Waals surface area (Å²) in [5.41, 5.74) is -0.843. The van der Waals surface area contributed by atoms with Gasteiger partial charge in [0, 0.05) is 52.1 Å². The average Bonchev–Trinajstić information content (AvgIpc) is 3.36. The summed E-state index contributed by atoms with van der Waals surface area (Å²) >= 11 is 6.94. The number of sulfonamides is 1. The summed E-state index contributed by atoms with van der Waals surface area (Å²) in [6, 6.07) is 3.08. The predicted molar refractivity (Wildman–Crippen MR) is 102 cm³/mol. The Morgan fingerprint density at radius 3 is 2.44 bits per heavy atom. The predicted octanol–water partition coefficient (Wildman–Crippen LogP) is 1.49. The molecule has 3 aliphatic heterocycles. The minimum absolute atomic E-state index is 0.00402. The minimum Gasteiger partial charge on any atom is -0.342 e. The smallest absolute Gasteiger partial charge is 0.252 e. The molecule has 2 amide bonds. The van der Waals surface area contributed by atoms with Gasteiger partial charge in [0.1, 0.15) is 4.21 Å². The summed E-state index contributed by atoms with van der Waals surface area (Å²) in [4.78, 5) is 28.8. The van der Waals surface area contributed by atoms with E-state index in [9.17, 15) is 18.0 Å². The maximum absolute atomic E-state index is 13.4. The van der Waals surface area contributed by atoms with Gasteiger partial charge in [-0.1, -0.05) is 11.6 Å². The van der Waals surface area contributed by atoms with E-state index in [0.717, 1.165) is 24.2 Å². The summed E-state index contributed by atoms with van der Waals surface area (Å²) in [5.74, 6) is -0.257. The number of nitrogens with zero attached hydrogens (tertiary/aromatic N) is 3. The van der Waals surface area contributed by atoms with Gasteiger partial charge in [0.2, 0.25) is 11.8 Å². The van der Waals surface area contributed by atoms with Crippen LogP contribution in [0, 0.1) is 11.3 Å². The lowest BCUT2D eigenvalue weighted by molar-refractivity contribution is -0.141. The number of halogens is 1. The lowest BCUT2D eigenvalue weighted by Crippen LogP contribution is -2.49. The Labute approximate surface area is 167 Å². The van der Waals surface area contributed by atoms with Gasteiger partial charge in [-0.15, -0.1) is 11.3 Å². The first-order valence-electron chi connectivity index (χ1n) is 9.04. The number of fused-ring (bicyclic) bond motifs is 1. The summed E-state index contributed by atoms with van der Waals surface area (Å²) in [7, 11) is -3.70. The van der Waals surface area contributed by atoms with Crippen molar-refractivity contribution in [3.63, 3.8) is 0 Å². The molecule has 1 aromatic heterocycles. The fourth-order valence-electron chi connectivity index (χ4n) is 4.54. The summed E-state index contributed by atoms with van der Waals surface area (Å²) in [6.45, 7) is 4.00. The molecule has 0 aromatic carbocycles. The second kappa shape index (κ2) is 6.72. The summed E-state index contributed by atoms with van der Waals surface area (Å²) in [6.07, 6.45) is 1.94. The molecule has 0 N–H and O–H groups in total. The molecular formula is C17H22ClN3O4S2. The van der Waals surface area contributed by atoms with E-state index >= 15 is 0 Å². The van der Waals surface area contributed by atoms with Gasteiger partial charge in [-0.05, 0) is 25.0 Å². The van der Waals surface area contributed by atoms with Gasteiger partial charge >= 0.3 is 0 Å². The molecule has 0 aliphatic carbocycles. The fraction of sp³-hybridized carbons (Fsp3) is 0.647. The average molecular weight is 432 g/mol. The highest BCUT2D eigenvalue weighted by Crippen LogP contribution is 2.46. The van der Waals surface area contributed by atoms with Crippen molar-refractivity contribution in [1.29, 1.82) is 0 Å². The third-order valence-electron chi connectivity index (χ3n) is 5.99. The SMILES string of the molecule is CC(=O)N1C[C@H]2CN(S(=O)(=O)c3ccc(Cl)s3)C[C@@]2(C(=O)N2CCCC2)C1. The Kier molecular flexibility index (Phi) is 4.77. The molecule has 0 spiro atoms. The van der Waals surface area contributed by atoms with E-state index in [0.29, 0.717) is 30.5 Å². The van der Waals surface area contributed by atoms with E-state index < -0.39 is 15.4 Å². The van der Waals surface area contributed by atoms with E-state index in [1.165, 1.54) is 17.3 Å². The maximum Gasteiger partial charge on any atom is 0.252 e. The normalized spacial score (nSPS) is 28.7. The van der Waals surface area contributed by atoms with Gasteiger partial charge in [0.05, 0.1) is 9.75 Å². The van der Waals surface area contributed by atoms with Crippen LogP contribution in [0.4, 0.5) is 0 Å². The Hall–Kier alpha value is -1.16. The van der Waals surface area contributed by atoms with E-state index in [2.05, 4.69) is 0 Å². The van der Waals surface area contributed by atoms with Crippen molar-refractivity contribution in [3.8, 4) is 0 Å². The van der Waals surface area contributed by atoms with Crippen LogP contribution in [0.15, 0.2) is 16.3 Å². The number of hydrogen-bond acceptors (Lipinski definition) is 5. The first-order valence-corrected chi connectivity index (χ1v) is 11.7. The molecule has 4 rings (SSSR count). The zero-order valence-corrected chi connectivity index (χ0v) is 17.4. The van der Waals surface area contributed by atoms with Crippen LogP contribution in [-0.4, -0.2) is 73.6 Å². The molecule has 27 heavy (non-hydrogen) atoms. The highest BCUT2D eigenvalue weighted by Gasteiger charge is 2.61. The van der Waals surface area contributed by atoms with E-state index in [-0.39, 0.29) is 35.0 Å². The number of carbonyl (C=O) groups is 2. The van der Waals surface area contributed by atoms with Crippen LogP contribution < -0.4 is 0 Å². The largest absolute Gasteiger partial charge is 0.342 e. The Balaban J connectivity index is 1.66. The molecule has 7 nitrogen and oxygen atoms in total. The van der Waals surface area contributed by atoms with Crippen molar-refractivity contribution in [2.24, 2.45) is 11.3 Å².